The molecule has 0 aliphatic heterocycles. The Kier molecular flexibility index (Phi) is 5.62. The molecule has 0 spiro atoms. The Hall–Kier alpha value is -1.55. The highest BCUT2D eigenvalue weighted by Crippen LogP contribution is 2.18. The summed E-state index contributed by atoms with van der Waals surface area (Å²) in [5.41, 5.74) is 2.83. The summed E-state index contributed by atoms with van der Waals surface area (Å²) < 4.78 is 1.93. The van der Waals surface area contributed by atoms with Crippen molar-refractivity contribution < 1.29 is 4.79 Å². The third-order valence-electron chi connectivity index (χ3n) is 3.40. The molecule has 2 aromatic rings. The van der Waals surface area contributed by atoms with Gasteiger partial charge in [0.25, 0.3) is 0 Å². The molecule has 0 fully saturated rings. The van der Waals surface area contributed by atoms with Gasteiger partial charge in [-0.2, -0.15) is 5.10 Å². The van der Waals surface area contributed by atoms with Gasteiger partial charge in [-0.3, -0.25) is 9.48 Å². The predicted molar refractivity (Wildman–Crippen MR) is 88.2 cm³/mol. The van der Waals surface area contributed by atoms with Crippen LogP contribution in [0, 0.1) is 0 Å². The van der Waals surface area contributed by atoms with Gasteiger partial charge in [-0.25, -0.2) is 0 Å². The maximum Gasteiger partial charge on any atom is 0.168 e. The first-order valence-corrected chi connectivity index (χ1v) is 8.48. The molecule has 21 heavy (non-hydrogen) atoms. The topological polar surface area (TPSA) is 34.9 Å². The van der Waals surface area contributed by atoms with E-state index in [-0.39, 0.29) is 5.78 Å². The highest BCUT2D eigenvalue weighted by atomic mass is 32.2. The molecule has 0 amide bonds. The van der Waals surface area contributed by atoms with Crippen molar-refractivity contribution in [1.29, 1.82) is 0 Å². The van der Waals surface area contributed by atoms with Crippen LogP contribution in [-0.2, 0) is 19.4 Å². The van der Waals surface area contributed by atoms with Gasteiger partial charge in [0, 0.05) is 22.7 Å². The SMILES string of the molecule is CCSc1ccc(C(=O)Cc2cc(CC)nn2CC)cc1. The van der Waals surface area contributed by atoms with Gasteiger partial charge in [0.2, 0.25) is 0 Å². The van der Waals surface area contributed by atoms with Crippen molar-refractivity contribution >= 4 is 17.5 Å². The summed E-state index contributed by atoms with van der Waals surface area (Å²) >= 11 is 1.79. The van der Waals surface area contributed by atoms with Crippen molar-refractivity contribution in [3.8, 4) is 0 Å². The minimum absolute atomic E-state index is 0.153. The molecule has 0 bridgehead atoms. The Balaban J connectivity index is 2.11. The molecule has 0 unspecified atom stereocenters. The lowest BCUT2D eigenvalue weighted by Gasteiger charge is -2.05. The summed E-state index contributed by atoms with van der Waals surface area (Å²) in [5.74, 6) is 1.20. The number of hydrogen-bond acceptors (Lipinski definition) is 3. The molecular formula is C17H22N2OS. The number of benzene rings is 1. The molecule has 0 aliphatic carbocycles. The Morgan fingerprint density at radius 2 is 1.90 bits per heavy atom. The third-order valence-corrected chi connectivity index (χ3v) is 4.30. The first kappa shape index (κ1) is 15.8. The second kappa shape index (κ2) is 7.46. The summed E-state index contributed by atoms with van der Waals surface area (Å²) in [7, 11) is 0. The van der Waals surface area contributed by atoms with Gasteiger partial charge in [0.1, 0.15) is 0 Å². The smallest absolute Gasteiger partial charge is 0.168 e. The van der Waals surface area contributed by atoms with E-state index < -0.39 is 0 Å². The summed E-state index contributed by atoms with van der Waals surface area (Å²) in [6.07, 6.45) is 1.32. The van der Waals surface area contributed by atoms with Gasteiger partial charge in [-0.15, -0.1) is 11.8 Å². The molecule has 0 radical (unpaired) electrons. The Morgan fingerprint density at radius 1 is 1.19 bits per heavy atom. The predicted octanol–water partition coefficient (Wildman–Crippen LogP) is 4.00. The molecule has 0 atom stereocenters. The molecule has 1 heterocycles. The Morgan fingerprint density at radius 3 is 2.48 bits per heavy atom. The fourth-order valence-corrected chi connectivity index (χ4v) is 2.94. The number of thioether (sulfide) groups is 1. The molecule has 0 saturated heterocycles. The van der Waals surface area contributed by atoms with E-state index in [9.17, 15) is 4.79 Å². The maximum atomic E-state index is 12.4. The van der Waals surface area contributed by atoms with Crippen LogP contribution in [-0.4, -0.2) is 21.3 Å². The van der Waals surface area contributed by atoms with Gasteiger partial charge >= 0.3 is 0 Å². The van der Waals surface area contributed by atoms with Gasteiger partial charge in [0.05, 0.1) is 12.1 Å². The van der Waals surface area contributed by atoms with Gasteiger partial charge < -0.3 is 0 Å². The number of hydrogen-bond donors (Lipinski definition) is 0. The molecule has 3 nitrogen and oxygen atoms in total. The van der Waals surface area contributed by atoms with Crippen molar-refractivity contribution in [3.05, 3.63) is 47.3 Å². The number of nitrogens with zero attached hydrogens (tertiary/aromatic N) is 2. The quantitative estimate of drug-likeness (QED) is 0.573. The standard InChI is InChI=1S/C17H22N2OS/c1-4-14-11-15(19(5-2)18-14)12-17(20)13-7-9-16(10-8-13)21-6-3/h7-11H,4-6,12H2,1-3H3. The molecule has 0 N–H and O–H groups in total. The molecule has 0 aliphatic rings. The van der Waals surface area contributed by atoms with Crippen LogP contribution in [0.1, 0.15) is 42.5 Å². The molecule has 112 valence electrons. The van der Waals surface area contributed by atoms with Crippen LogP contribution in [0.15, 0.2) is 35.2 Å². The average Bonchev–Trinajstić information content (AvgIpc) is 2.90. The summed E-state index contributed by atoms with van der Waals surface area (Å²) in [4.78, 5) is 13.6. The fraction of sp³-hybridized carbons (Fsp3) is 0.412. The molecule has 4 heteroatoms. The molecule has 0 saturated carbocycles. The summed E-state index contributed by atoms with van der Waals surface area (Å²) in [6, 6.07) is 9.94. The lowest BCUT2D eigenvalue weighted by atomic mass is 10.1. The highest BCUT2D eigenvalue weighted by Gasteiger charge is 2.12. The second-order valence-corrected chi connectivity index (χ2v) is 6.19. The molecule has 1 aromatic carbocycles. The Bertz CT molecular complexity index is 602. The lowest BCUT2D eigenvalue weighted by molar-refractivity contribution is 0.0990. The van der Waals surface area contributed by atoms with Crippen LogP contribution in [0.2, 0.25) is 0 Å². The van der Waals surface area contributed by atoms with Crippen molar-refractivity contribution in [2.45, 2.75) is 45.1 Å². The number of aromatic nitrogens is 2. The van der Waals surface area contributed by atoms with E-state index in [1.807, 2.05) is 35.0 Å². The normalized spacial score (nSPS) is 10.8. The van der Waals surface area contributed by atoms with Crippen molar-refractivity contribution in [2.75, 3.05) is 5.75 Å². The second-order valence-electron chi connectivity index (χ2n) is 4.85. The minimum atomic E-state index is 0.153. The van der Waals surface area contributed by atoms with E-state index in [1.54, 1.807) is 11.8 Å². The van der Waals surface area contributed by atoms with Crippen molar-refractivity contribution in [3.63, 3.8) is 0 Å². The Labute approximate surface area is 130 Å². The molecule has 1 aromatic heterocycles. The van der Waals surface area contributed by atoms with Crippen LogP contribution < -0.4 is 0 Å². The van der Waals surface area contributed by atoms with Gasteiger partial charge in [0.15, 0.2) is 5.78 Å². The molecule has 2 rings (SSSR count). The third kappa shape index (κ3) is 3.97. The van der Waals surface area contributed by atoms with E-state index in [2.05, 4.69) is 25.9 Å². The van der Waals surface area contributed by atoms with Crippen molar-refractivity contribution in [2.24, 2.45) is 0 Å². The fourth-order valence-electron chi connectivity index (χ4n) is 2.27. The van der Waals surface area contributed by atoms with Crippen molar-refractivity contribution in [1.82, 2.24) is 9.78 Å². The lowest BCUT2D eigenvalue weighted by Crippen LogP contribution is -2.09. The average molecular weight is 302 g/mol. The van der Waals surface area contributed by atoms with Crippen LogP contribution in [0.5, 0.6) is 0 Å². The van der Waals surface area contributed by atoms with E-state index >= 15 is 0 Å². The van der Waals surface area contributed by atoms with E-state index in [0.717, 1.165) is 35.7 Å². The largest absolute Gasteiger partial charge is 0.294 e. The highest BCUT2D eigenvalue weighted by molar-refractivity contribution is 7.99. The van der Waals surface area contributed by atoms with Crippen LogP contribution >= 0.6 is 11.8 Å². The zero-order chi connectivity index (χ0) is 15.2. The zero-order valence-electron chi connectivity index (χ0n) is 12.9. The van der Waals surface area contributed by atoms with E-state index in [4.69, 9.17) is 0 Å². The summed E-state index contributed by atoms with van der Waals surface area (Å²) in [5, 5.41) is 4.49. The minimum Gasteiger partial charge on any atom is -0.294 e. The number of Topliss-reactive ketones (excluding diaryl/α,β-unsaturated/α-hetero) is 1. The van der Waals surface area contributed by atoms with Gasteiger partial charge in [-0.1, -0.05) is 26.0 Å². The maximum absolute atomic E-state index is 12.4. The number of ketones is 1. The summed E-state index contributed by atoms with van der Waals surface area (Å²) in [6.45, 7) is 7.06. The first-order valence-electron chi connectivity index (χ1n) is 7.49. The number of carbonyl (C=O) groups is 1. The van der Waals surface area contributed by atoms with Gasteiger partial charge in [-0.05, 0) is 37.3 Å². The van der Waals surface area contributed by atoms with Crippen LogP contribution in [0.3, 0.4) is 0 Å². The van der Waals surface area contributed by atoms with E-state index in [1.165, 1.54) is 4.90 Å². The number of rotatable bonds is 7. The number of aryl methyl sites for hydroxylation is 2. The monoisotopic (exact) mass is 302 g/mol. The van der Waals surface area contributed by atoms with Crippen LogP contribution in [0.4, 0.5) is 0 Å². The number of carbonyl (C=O) groups excluding carboxylic acids is 1. The molecular weight excluding hydrogens is 280 g/mol. The first-order chi connectivity index (χ1) is 10.2. The van der Waals surface area contributed by atoms with E-state index in [0.29, 0.717) is 6.42 Å². The van der Waals surface area contributed by atoms with Crippen LogP contribution in [0.25, 0.3) is 0 Å². The zero-order valence-corrected chi connectivity index (χ0v) is 13.7.